The number of ether oxygens (including phenoxy) is 3. The molecule has 0 N–H and O–H groups in total. The molecule has 222 valence electrons. The second-order valence-electron chi connectivity index (χ2n) is 9.85. The van der Waals surface area contributed by atoms with Gasteiger partial charge in [-0.25, -0.2) is 4.57 Å². The summed E-state index contributed by atoms with van der Waals surface area (Å²) in [6.45, 7) is 0.347. The standard InChI is InChI=1S/C32H30N3O3.BF4/c1-36-27-19-12-20-28(37-2)31(27)35-23-34-29(21-24-13-6-3-7-14-24)32(38-22-30(34)33-35,25-15-8-4-9-16-25)26-17-10-5-11-18-26;2-1(3,4)5/h3-20,23,29H,21-22H2,1-2H3;/q+1;-1. The highest BCUT2D eigenvalue weighted by atomic mass is 19.5. The lowest BCUT2D eigenvalue weighted by molar-refractivity contribution is -0.758. The van der Waals surface area contributed by atoms with Crippen LogP contribution < -0.4 is 14.0 Å². The third kappa shape index (κ3) is 6.41. The summed E-state index contributed by atoms with van der Waals surface area (Å²) in [5.74, 6) is 2.20. The molecule has 1 unspecified atom stereocenters. The Morgan fingerprint density at radius 2 is 1.28 bits per heavy atom. The van der Waals surface area contributed by atoms with Crippen LogP contribution in [0.15, 0.2) is 116 Å². The number of fused-ring (bicyclic) bond motifs is 1. The van der Waals surface area contributed by atoms with Crippen LogP contribution in [-0.4, -0.2) is 31.3 Å². The molecule has 6 nitrogen and oxygen atoms in total. The fraction of sp³-hybridized carbons (Fsp3) is 0.188. The summed E-state index contributed by atoms with van der Waals surface area (Å²) in [7, 11) is -2.68. The molecule has 43 heavy (non-hydrogen) atoms. The van der Waals surface area contributed by atoms with Crippen molar-refractivity contribution in [3.63, 3.8) is 0 Å². The minimum Gasteiger partial charge on any atom is -0.493 e. The van der Waals surface area contributed by atoms with Crippen LogP contribution >= 0.6 is 0 Å². The molecular weight excluding hydrogens is 561 g/mol. The van der Waals surface area contributed by atoms with Gasteiger partial charge in [-0.15, -0.1) is 0 Å². The van der Waals surface area contributed by atoms with E-state index in [0.29, 0.717) is 18.1 Å². The molecule has 1 atom stereocenters. The predicted octanol–water partition coefficient (Wildman–Crippen LogP) is 6.73. The molecule has 0 bridgehead atoms. The summed E-state index contributed by atoms with van der Waals surface area (Å²) in [4.78, 5) is 0. The van der Waals surface area contributed by atoms with Gasteiger partial charge >= 0.3 is 13.1 Å². The average molecular weight is 591 g/mol. The van der Waals surface area contributed by atoms with E-state index in [4.69, 9.17) is 19.3 Å². The topological polar surface area (TPSA) is 49.4 Å². The minimum absolute atomic E-state index is 0.118. The Kier molecular flexibility index (Phi) is 8.82. The molecule has 0 fully saturated rings. The highest BCUT2D eigenvalue weighted by Gasteiger charge is 2.51. The summed E-state index contributed by atoms with van der Waals surface area (Å²) in [5, 5.41) is 4.98. The van der Waals surface area contributed by atoms with Gasteiger partial charge in [0.25, 0.3) is 0 Å². The lowest BCUT2D eigenvalue weighted by atomic mass is 9.76. The van der Waals surface area contributed by atoms with Gasteiger partial charge in [0.05, 0.1) is 14.2 Å². The van der Waals surface area contributed by atoms with Crippen molar-refractivity contribution in [2.45, 2.75) is 24.7 Å². The predicted molar refractivity (Wildman–Crippen MR) is 155 cm³/mol. The van der Waals surface area contributed by atoms with E-state index in [1.165, 1.54) is 5.56 Å². The fourth-order valence-electron chi connectivity index (χ4n) is 5.55. The highest BCUT2D eigenvalue weighted by molar-refractivity contribution is 6.50. The maximum Gasteiger partial charge on any atom is 0.673 e. The van der Waals surface area contributed by atoms with Gasteiger partial charge in [0.15, 0.2) is 17.1 Å². The number of hydrogen-bond donors (Lipinski definition) is 0. The first-order chi connectivity index (χ1) is 20.7. The van der Waals surface area contributed by atoms with Crippen molar-refractivity contribution in [1.29, 1.82) is 0 Å². The van der Waals surface area contributed by atoms with Crippen LogP contribution in [0.5, 0.6) is 11.5 Å². The zero-order valence-corrected chi connectivity index (χ0v) is 23.6. The van der Waals surface area contributed by atoms with E-state index in [2.05, 4.69) is 77.4 Å². The normalized spacial score (nSPS) is 15.5. The molecule has 1 aliphatic heterocycles. The number of hydrogen-bond acceptors (Lipinski definition) is 4. The van der Waals surface area contributed by atoms with Gasteiger partial charge in [-0.3, -0.25) is 0 Å². The van der Waals surface area contributed by atoms with E-state index in [1.54, 1.807) is 14.2 Å². The zero-order chi connectivity index (χ0) is 30.5. The van der Waals surface area contributed by atoms with Gasteiger partial charge in [-0.1, -0.05) is 102 Å². The van der Waals surface area contributed by atoms with Crippen molar-refractivity contribution in [3.05, 3.63) is 138 Å². The second-order valence-corrected chi connectivity index (χ2v) is 9.85. The van der Waals surface area contributed by atoms with Gasteiger partial charge in [0.1, 0.15) is 12.6 Å². The number of methoxy groups -OCH3 is 2. The van der Waals surface area contributed by atoms with E-state index in [0.717, 1.165) is 29.1 Å². The molecule has 0 aliphatic carbocycles. The van der Waals surface area contributed by atoms with Crippen molar-refractivity contribution in [2.24, 2.45) is 0 Å². The third-order valence-corrected chi connectivity index (χ3v) is 7.30. The summed E-state index contributed by atoms with van der Waals surface area (Å²) in [5.41, 5.74) is 3.46. The Balaban J connectivity index is 0.000000682. The van der Waals surface area contributed by atoms with Crippen LogP contribution in [0.25, 0.3) is 5.69 Å². The molecular formula is C32H30BF4N3O3. The molecule has 0 saturated heterocycles. The molecule has 1 aliphatic rings. The van der Waals surface area contributed by atoms with Crippen molar-refractivity contribution >= 4 is 7.25 Å². The molecule has 6 rings (SSSR count). The maximum absolute atomic E-state index is 9.75. The Hall–Kier alpha value is -4.64. The van der Waals surface area contributed by atoms with E-state index in [9.17, 15) is 17.3 Å². The van der Waals surface area contributed by atoms with Gasteiger partial charge in [0, 0.05) is 11.5 Å². The quantitative estimate of drug-likeness (QED) is 0.120. The maximum atomic E-state index is 9.75. The first kappa shape index (κ1) is 29.8. The van der Waals surface area contributed by atoms with Gasteiger partial charge < -0.3 is 31.5 Å². The molecule has 1 aromatic heterocycles. The summed E-state index contributed by atoms with van der Waals surface area (Å²) < 4.78 is 61.5. The monoisotopic (exact) mass is 591 g/mol. The summed E-state index contributed by atoms with van der Waals surface area (Å²) in [6.07, 6.45) is 2.80. The SMILES string of the molecule is COc1cccc(OC)c1-n1c[n+]2c(n1)COC(c1ccccc1)(c1ccccc1)C2Cc1ccccc1.F[B-](F)(F)F. The number of para-hydroxylation sites is 1. The largest absolute Gasteiger partial charge is 0.673 e. The van der Waals surface area contributed by atoms with Crippen molar-refractivity contribution in [1.82, 2.24) is 9.78 Å². The number of aromatic nitrogens is 3. The van der Waals surface area contributed by atoms with Crippen LogP contribution in [-0.2, 0) is 23.4 Å². The Bertz CT molecular complexity index is 1570. The molecule has 4 aromatic carbocycles. The van der Waals surface area contributed by atoms with Gasteiger partial charge in [-0.05, 0) is 28.8 Å². The lowest BCUT2D eigenvalue weighted by Crippen LogP contribution is -2.59. The number of rotatable bonds is 7. The first-order valence-corrected chi connectivity index (χ1v) is 13.6. The molecule has 0 radical (unpaired) electrons. The first-order valence-electron chi connectivity index (χ1n) is 13.6. The van der Waals surface area contributed by atoms with Crippen molar-refractivity contribution in [3.8, 4) is 17.2 Å². The van der Waals surface area contributed by atoms with Crippen molar-refractivity contribution in [2.75, 3.05) is 14.2 Å². The molecule has 0 spiro atoms. The number of benzene rings is 4. The molecule has 5 aromatic rings. The summed E-state index contributed by atoms with van der Waals surface area (Å²) in [6, 6.07) is 37.2. The van der Waals surface area contributed by atoms with E-state index in [-0.39, 0.29) is 6.04 Å². The molecule has 0 amide bonds. The van der Waals surface area contributed by atoms with Gasteiger partial charge in [0.2, 0.25) is 12.0 Å². The van der Waals surface area contributed by atoms with Crippen LogP contribution in [0.4, 0.5) is 17.3 Å². The smallest absolute Gasteiger partial charge is 0.493 e. The Morgan fingerprint density at radius 3 is 1.77 bits per heavy atom. The average Bonchev–Trinajstić information content (AvgIpc) is 3.46. The lowest BCUT2D eigenvalue weighted by Gasteiger charge is -2.42. The minimum atomic E-state index is -6.00. The third-order valence-electron chi connectivity index (χ3n) is 7.30. The van der Waals surface area contributed by atoms with Crippen LogP contribution in [0.2, 0.25) is 0 Å². The fourth-order valence-corrected chi connectivity index (χ4v) is 5.55. The molecule has 11 heteroatoms. The van der Waals surface area contributed by atoms with E-state index in [1.807, 2.05) is 47.4 Å². The Labute approximate surface area is 247 Å². The van der Waals surface area contributed by atoms with E-state index >= 15 is 0 Å². The highest BCUT2D eigenvalue weighted by Crippen LogP contribution is 2.45. The summed E-state index contributed by atoms with van der Waals surface area (Å²) >= 11 is 0. The van der Waals surface area contributed by atoms with E-state index < -0.39 is 12.9 Å². The molecule has 0 saturated carbocycles. The molecule has 2 heterocycles. The van der Waals surface area contributed by atoms with Crippen LogP contribution in [0.1, 0.15) is 28.6 Å². The zero-order valence-electron chi connectivity index (χ0n) is 23.6. The number of halogens is 4. The van der Waals surface area contributed by atoms with Crippen molar-refractivity contribution < 1.29 is 36.0 Å². The Morgan fingerprint density at radius 1 is 0.791 bits per heavy atom. The second kappa shape index (κ2) is 12.7. The number of nitrogens with zero attached hydrogens (tertiary/aromatic N) is 3. The van der Waals surface area contributed by atoms with Crippen LogP contribution in [0.3, 0.4) is 0 Å². The van der Waals surface area contributed by atoms with Gasteiger partial charge in [-0.2, -0.15) is 0 Å². The van der Waals surface area contributed by atoms with Crippen LogP contribution in [0, 0.1) is 0 Å².